The molecule has 1 saturated heterocycles. The van der Waals surface area contributed by atoms with E-state index in [1.165, 1.54) is 6.39 Å². The molecule has 1 aliphatic heterocycles. The van der Waals surface area contributed by atoms with Gasteiger partial charge in [-0.1, -0.05) is 0 Å². The molecule has 14 heavy (non-hydrogen) atoms. The minimum absolute atomic E-state index is 0.0994. The molecule has 0 saturated carbocycles. The molecule has 0 aliphatic carbocycles. The van der Waals surface area contributed by atoms with Crippen molar-refractivity contribution in [2.75, 3.05) is 20.2 Å². The van der Waals surface area contributed by atoms with Gasteiger partial charge < -0.3 is 14.5 Å². The molecule has 0 amide bonds. The monoisotopic (exact) mass is 196 g/mol. The molecule has 4 nitrogen and oxygen atoms in total. The van der Waals surface area contributed by atoms with Crippen molar-refractivity contribution in [2.24, 2.45) is 0 Å². The van der Waals surface area contributed by atoms with E-state index in [1.54, 1.807) is 13.3 Å². The first-order chi connectivity index (χ1) is 6.85. The molecule has 0 radical (unpaired) electrons. The minimum Gasteiger partial charge on any atom is -0.448 e. The van der Waals surface area contributed by atoms with Gasteiger partial charge in [0.25, 0.3) is 0 Å². The highest BCUT2D eigenvalue weighted by atomic mass is 16.5. The summed E-state index contributed by atoms with van der Waals surface area (Å²) >= 11 is 0. The molecule has 0 bridgehead atoms. The maximum Gasteiger partial charge on any atom is 0.180 e. The van der Waals surface area contributed by atoms with E-state index in [-0.39, 0.29) is 5.60 Å². The van der Waals surface area contributed by atoms with Crippen molar-refractivity contribution in [3.63, 3.8) is 0 Å². The fourth-order valence-corrected chi connectivity index (χ4v) is 1.98. The van der Waals surface area contributed by atoms with E-state index in [0.717, 1.165) is 38.1 Å². The number of nitrogens with zero attached hydrogens (tertiary/aromatic N) is 1. The zero-order valence-electron chi connectivity index (χ0n) is 8.45. The number of rotatable bonds is 3. The fraction of sp³-hybridized carbons (Fsp3) is 0.700. The molecule has 1 atom stereocenters. The van der Waals surface area contributed by atoms with Crippen LogP contribution < -0.4 is 5.32 Å². The van der Waals surface area contributed by atoms with Crippen molar-refractivity contribution >= 4 is 0 Å². The van der Waals surface area contributed by atoms with Crippen molar-refractivity contribution in [3.8, 4) is 0 Å². The number of methoxy groups -OCH3 is 1. The largest absolute Gasteiger partial charge is 0.448 e. The maximum absolute atomic E-state index is 5.60. The average molecular weight is 196 g/mol. The number of ether oxygens (including phenoxy) is 1. The zero-order valence-corrected chi connectivity index (χ0v) is 8.45. The van der Waals surface area contributed by atoms with E-state index < -0.39 is 0 Å². The van der Waals surface area contributed by atoms with E-state index >= 15 is 0 Å². The third-order valence-electron chi connectivity index (χ3n) is 2.85. The van der Waals surface area contributed by atoms with Crippen LogP contribution in [0.4, 0.5) is 0 Å². The molecule has 1 N–H and O–H groups in total. The Balaban J connectivity index is 2.04. The summed E-state index contributed by atoms with van der Waals surface area (Å²) in [5.41, 5.74) is -0.0994. The fourth-order valence-electron chi connectivity index (χ4n) is 1.98. The highest BCUT2D eigenvalue weighted by Gasteiger charge is 2.33. The van der Waals surface area contributed by atoms with Crippen molar-refractivity contribution in [3.05, 3.63) is 18.4 Å². The molecule has 4 heteroatoms. The van der Waals surface area contributed by atoms with Gasteiger partial charge in [-0.3, -0.25) is 0 Å². The third-order valence-corrected chi connectivity index (χ3v) is 2.85. The van der Waals surface area contributed by atoms with E-state index in [0.29, 0.717) is 0 Å². The Morgan fingerprint density at radius 2 is 2.64 bits per heavy atom. The van der Waals surface area contributed by atoms with E-state index in [2.05, 4.69) is 10.3 Å². The lowest BCUT2D eigenvalue weighted by molar-refractivity contribution is -0.0311. The van der Waals surface area contributed by atoms with Crippen LogP contribution >= 0.6 is 0 Å². The quantitative estimate of drug-likeness (QED) is 0.783. The number of piperidine rings is 1. The first-order valence-electron chi connectivity index (χ1n) is 4.98. The minimum atomic E-state index is -0.0994. The standard InChI is InChI=1S/C10H16N2O2/c1-13-10(3-2-4-11-7-10)5-9-6-12-8-14-9/h6,8,11H,2-5,7H2,1H3. The van der Waals surface area contributed by atoms with Gasteiger partial charge in [0.05, 0.1) is 11.8 Å². The van der Waals surface area contributed by atoms with Crippen LogP contribution in [-0.4, -0.2) is 30.8 Å². The van der Waals surface area contributed by atoms with Crippen LogP contribution in [0.25, 0.3) is 0 Å². The van der Waals surface area contributed by atoms with E-state index in [1.807, 2.05) is 0 Å². The van der Waals surface area contributed by atoms with Crippen molar-refractivity contribution < 1.29 is 9.15 Å². The molecule has 78 valence electrons. The maximum atomic E-state index is 5.60. The van der Waals surface area contributed by atoms with Gasteiger partial charge in [-0.15, -0.1) is 0 Å². The molecule has 1 fully saturated rings. The third kappa shape index (κ3) is 1.96. The lowest BCUT2D eigenvalue weighted by Gasteiger charge is -2.35. The summed E-state index contributed by atoms with van der Waals surface area (Å²) in [4.78, 5) is 3.91. The molecule has 1 aromatic heterocycles. The Morgan fingerprint density at radius 3 is 3.21 bits per heavy atom. The van der Waals surface area contributed by atoms with Crippen LogP contribution in [0.3, 0.4) is 0 Å². The van der Waals surface area contributed by atoms with Crippen LogP contribution in [0.1, 0.15) is 18.6 Å². The van der Waals surface area contributed by atoms with Crippen LogP contribution in [-0.2, 0) is 11.2 Å². The number of nitrogens with one attached hydrogen (secondary N) is 1. The van der Waals surface area contributed by atoms with Crippen LogP contribution in [0.5, 0.6) is 0 Å². The Hall–Kier alpha value is -0.870. The highest BCUT2D eigenvalue weighted by Crippen LogP contribution is 2.24. The molecule has 1 unspecified atom stereocenters. The van der Waals surface area contributed by atoms with Crippen molar-refractivity contribution in [1.82, 2.24) is 10.3 Å². The summed E-state index contributed by atoms with van der Waals surface area (Å²) in [6.07, 6.45) is 6.26. The normalized spacial score (nSPS) is 27.8. The predicted octanol–water partition coefficient (Wildman–Crippen LogP) is 0.986. The summed E-state index contributed by atoms with van der Waals surface area (Å²) < 4.78 is 10.8. The number of aromatic nitrogens is 1. The molecular weight excluding hydrogens is 180 g/mol. The van der Waals surface area contributed by atoms with E-state index in [4.69, 9.17) is 9.15 Å². The SMILES string of the molecule is COC1(Cc2cnco2)CCCNC1. The van der Waals surface area contributed by atoms with Gasteiger partial charge in [-0.05, 0) is 19.4 Å². The van der Waals surface area contributed by atoms with Gasteiger partial charge in [0.1, 0.15) is 5.76 Å². The summed E-state index contributed by atoms with van der Waals surface area (Å²) in [6.45, 7) is 1.98. The summed E-state index contributed by atoms with van der Waals surface area (Å²) in [7, 11) is 1.77. The van der Waals surface area contributed by atoms with Gasteiger partial charge >= 0.3 is 0 Å². The topological polar surface area (TPSA) is 47.3 Å². The smallest absolute Gasteiger partial charge is 0.180 e. The number of oxazole rings is 1. The van der Waals surface area contributed by atoms with Gasteiger partial charge in [-0.2, -0.15) is 0 Å². The molecule has 1 aromatic rings. The highest BCUT2D eigenvalue weighted by molar-refractivity contribution is 5.00. The Labute approximate surface area is 83.7 Å². The van der Waals surface area contributed by atoms with Crippen LogP contribution in [0.15, 0.2) is 17.0 Å². The number of hydrogen-bond acceptors (Lipinski definition) is 4. The summed E-state index contributed by atoms with van der Waals surface area (Å²) in [5, 5.41) is 3.35. The molecular formula is C10H16N2O2. The Bertz CT molecular complexity index is 266. The Kier molecular flexibility index (Phi) is 2.84. The molecule has 2 rings (SSSR count). The molecule has 0 spiro atoms. The first kappa shape index (κ1) is 9.68. The summed E-state index contributed by atoms with van der Waals surface area (Å²) in [6, 6.07) is 0. The van der Waals surface area contributed by atoms with Gasteiger partial charge in [-0.25, -0.2) is 4.98 Å². The molecule has 1 aliphatic rings. The second-order valence-corrected chi connectivity index (χ2v) is 3.81. The van der Waals surface area contributed by atoms with Crippen molar-refractivity contribution in [1.29, 1.82) is 0 Å². The first-order valence-corrected chi connectivity index (χ1v) is 4.98. The second-order valence-electron chi connectivity index (χ2n) is 3.81. The lowest BCUT2D eigenvalue weighted by Crippen LogP contribution is -2.48. The Morgan fingerprint density at radius 1 is 1.71 bits per heavy atom. The van der Waals surface area contributed by atoms with Gasteiger partial charge in [0.15, 0.2) is 6.39 Å². The van der Waals surface area contributed by atoms with E-state index in [9.17, 15) is 0 Å². The zero-order chi connectivity index (χ0) is 9.86. The van der Waals surface area contributed by atoms with Gasteiger partial charge in [0.2, 0.25) is 0 Å². The number of hydrogen-bond donors (Lipinski definition) is 1. The predicted molar refractivity (Wildman–Crippen MR) is 52.1 cm³/mol. The van der Waals surface area contributed by atoms with Crippen LogP contribution in [0.2, 0.25) is 0 Å². The second kappa shape index (κ2) is 4.11. The average Bonchev–Trinajstić information content (AvgIpc) is 2.72. The van der Waals surface area contributed by atoms with Gasteiger partial charge in [0, 0.05) is 20.1 Å². The summed E-state index contributed by atoms with van der Waals surface area (Å²) in [5.74, 6) is 0.899. The van der Waals surface area contributed by atoms with Crippen molar-refractivity contribution in [2.45, 2.75) is 24.9 Å². The lowest BCUT2D eigenvalue weighted by atomic mass is 9.89. The molecule has 2 heterocycles. The van der Waals surface area contributed by atoms with Crippen LogP contribution in [0, 0.1) is 0 Å². The molecule has 0 aromatic carbocycles.